The van der Waals surface area contributed by atoms with Gasteiger partial charge in [-0.2, -0.15) is 0 Å². The Balaban J connectivity index is 1.67. The maximum absolute atomic E-state index is 9.68. The highest BCUT2D eigenvalue weighted by atomic mass is 16.5. The SMILES string of the molecule is OCCOc1cc2ccccc2cc1OCCOc1ccccc1O. The molecule has 0 aliphatic heterocycles. The van der Waals surface area contributed by atoms with E-state index in [-0.39, 0.29) is 25.6 Å². The first kappa shape index (κ1) is 16.9. The highest BCUT2D eigenvalue weighted by Crippen LogP contribution is 2.32. The summed E-state index contributed by atoms with van der Waals surface area (Å²) in [6.07, 6.45) is 0. The molecule has 25 heavy (non-hydrogen) atoms. The van der Waals surface area contributed by atoms with Crippen LogP contribution in [0.4, 0.5) is 0 Å². The van der Waals surface area contributed by atoms with E-state index >= 15 is 0 Å². The van der Waals surface area contributed by atoms with Gasteiger partial charge in [-0.05, 0) is 35.0 Å². The van der Waals surface area contributed by atoms with E-state index in [9.17, 15) is 5.11 Å². The fourth-order valence-corrected chi connectivity index (χ4v) is 2.46. The largest absolute Gasteiger partial charge is 0.504 e. The Bertz CT molecular complexity index is 831. The predicted octanol–water partition coefficient (Wildman–Crippen LogP) is 3.37. The van der Waals surface area contributed by atoms with Crippen LogP contribution in [0.15, 0.2) is 60.7 Å². The van der Waals surface area contributed by atoms with Gasteiger partial charge in [-0.1, -0.05) is 36.4 Å². The molecule has 0 unspecified atom stereocenters. The van der Waals surface area contributed by atoms with Crippen LogP contribution in [-0.4, -0.2) is 36.6 Å². The van der Waals surface area contributed by atoms with Crippen molar-refractivity contribution in [2.45, 2.75) is 0 Å². The number of aromatic hydroxyl groups is 1. The summed E-state index contributed by atoms with van der Waals surface area (Å²) in [6, 6.07) is 18.5. The number of fused-ring (bicyclic) bond motifs is 1. The third-order valence-electron chi connectivity index (χ3n) is 3.62. The van der Waals surface area contributed by atoms with Crippen molar-refractivity contribution >= 4 is 10.8 Å². The maximum atomic E-state index is 9.68. The molecule has 0 atom stereocenters. The molecule has 0 aliphatic rings. The quantitative estimate of drug-likeness (QED) is 0.615. The summed E-state index contributed by atoms with van der Waals surface area (Å²) in [5.74, 6) is 1.69. The van der Waals surface area contributed by atoms with Gasteiger partial charge in [0.15, 0.2) is 23.0 Å². The number of rotatable bonds is 8. The van der Waals surface area contributed by atoms with E-state index in [4.69, 9.17) is 19.3 Å². The number of para-hydroxylation sites is 2. The molecule has 0 radical (unpaired) electrons. The van der Waals surface area contributed by atoms with Crippen LogP contribution >= 0.6 is 0 Å². The number of hydrogen-bond donors (Lipinski definition) is 2. The summed E-state index contributed by atoms with van der Waals surface area (Å²) in [6.45, 7) is 0.706. The lowest BCUT2D eigenvalue weighted by molar-refractivity contribution is 0.183. The van der Waals surface area contributed by atoms with Crippen molar-refractivity contribution in [3.8, 4) is 23.0 Å². The Morgan fingerprint density at radius 3 is 1.76 bits per heavy atom. The van der Waals surface area contributed by atoms with E-state index in [0.29, 0.717) is 23.9 Å². The first-order chi connectivity index (χ1) is 12.3. The van der Waals surface area contributed by atoms with Gasteiger partial charge in [0.2, 0.25) is 0 Å². The zero-order chi connectivity index (χ0) is 17.5. The molecule has 0 aromatic heterocycles. The van der Waals surface area contributed by atoms with Gasteiger partial charge in [-0.3, -0.25) is 0 Å². The second kappa shape index (κ2) is 8.26. The van der Waals surface area contributed by atoms with Gasteiger partial charge in [0, 0.05) is 0 Å². The van der Waals surface area contributed by atoms with Gasteiger partial charge >= 0.3 is 0 Å². The number of ether oxygens (including phenoxy) is 3. The molecule has 0 aliphatic carbocycles. The first-order valence-corrected chi connectivity index (χ1v) is 8.08. The van der Waals surface area contributed by atoms with E-state index in [0.717, 1.165) is 10.8 Å². The molecular formula is C20H20O5. The van der Waals surface area contributed by atoms with Gasteiger partial charge in [-0.15, -0.1) is 0 Å². The van der Waals surface area contributed by atoms with Crippen LogP contribution in [0.5, 0.6) is 23.0 Å². The van der Waals surface area contributed by atoms with Crippen molar-refractivity contribution in [2.24, 2.45) is 0 Å². The minimum atomic E-state index is -0.0668. The van der Waals surface area contributed by atoms with E-state index in [1.165, 1.54) is 0 Å². The molecule has 2 N–H and O–H groups in total. The van der Waals surface area contributed by atoms with E-state index in [2.05, 4.69) is 0 Å². The molecule has 3 aromatic rings. The molecule has 5 nitrogen and oxygen atoms in total. The van der Waals surface area contributed by atoms with Gasteiger partial charge in [0.05, 0.1) is 6.61 Å². The van der Waals surface area contributed by atoms with Crippen LogP contribution in [0.1, 0.15) is 0 Å². The Morgan fingerprint density at radius 1 is 0.640 bits per heavy atom. The van der Waals surface area contributed by atoms with Crippen molar-refractivity contribution in [3.63, 3.8) is 0 Å². The van der Waals surface area contributed by atoms with E-state index < -0.39 is 0 Å². The number of hydrogen-bond acceptors (Lipinski definition) is 5. The molecule has 3 rings (SSSR count). The third-order valence-corrected chi connectivity index (χ3v) is 3.62. The van der Waals surface area contributed by atoms with Crippen molar-refractivity contribution < 1.29 is 24.4 Å². The maximum Gasteiger partial charge on any atom is 0.161 e. The lowest BCUT2D eigenvalue weighted by atomic mass is 10.1. The fourth-order valence-electron chi connectivity index (χ4n) is 2.46. The molecule has 0 saturated carbocycles. The van der Waals surface area contributed by atoms with Crippen LogP contribution in [0.2, 0.25) is 0 Å². The summed E-state index contributed by atoms with van der Waals surface area (Å²) >= 11 is 0. The third kappa shape index (κ3) is 4.33. The van der Waals surface area contributed by atoms with Crippen molar-refractivity contribution in [2.75, 3.05) is 26.4 Å². The molecular weight excluding hydrogens is 320 g/mol. The van der Waals surface area contributed by atoms with Crippen LogP contribution < -0.4 is 14.2 Å². The highest BCUT2D eigenvalue weighted by molar-refractivity contribution is 5.86. The van der Waals surface area contributed by atoms with Crippen LogP contribution in [0.25, 0.3) is 10.8 Å². The van der Waals surface area contributed by atoms with E-state index in [1.54, 1.807) is 24.3 Å². The smallest absolute Gasteiger partial charge is 0.161 e. The van der Waals surface area contributed by atoms with Gasteiger partial charge in [0.1, 0.15) is 19.8 Å². The normalized spacial score (nSPS) is 10.6. The lowest BCUT2D eigenvalue weighted by Crippen LogP contribution is -2.10. The second-order valence-electron chi connectivity index (χ2n) is 5.38. The van der Waals surface area contributed by atoms with Crippen molar-refractivity contribution in [1.82, 2.24) is 0 Å². The average molecular weight is 340 g/mol. The zero-order valence-electron chi connectivity index (χ0n) is 13.7. The molecule has 5 heteroatoms. The molecule has 0 bridgehead atoms. The summed E-state index contributed by atoms with van der Waals surface area (Å²) in [5, 5.41) is 20.7. The average Bonchev–Trinajstić information content (AvgIpc) is 2.64. The Labute approximate surface area is 146 Å². The highest BCUT2D eigenvalue weighted by Gasteiger charge is 2.08. The molecule has 0 spiro atoms. The first-order valence-electron chi connectivity index (χ1n) is 8.08. The second-order valence-corrected chi connectivity index (χ2v) is 5.38. The summed E-state index contributed by atoms with van der Waals surface area (Å²) in [5.41, 5.74) is 0. The van der Waals surface area contributed by atoms with Gasteiger partial charge in [-0.25, -0.2) is 0 Å². The monoisotopic (exact) mass is 340 g/mol. The number of phenols is 1. The molecule has 0 heterocycles. The standard InChI is InChI=1S/C20H20O5/c21-9-10-23-19-13-15-5-1-2-6-16(15)14-20(19)25-12-11-24-18-8-4-3-7-17(18)22/h1-8,13-14,21-22H,9-12H2. The fraction of sp³-hybridized carbons (Fsp3) is 0.200. The Hall–Kier alpha value is -2.92. The summed E-state index contributed by atoms with van der Waals surface area (Å²) in [7, 11) is 0. The molecule has 130 valence electrons. The zero-order valence-corrected chi connectivity index (χ0v) is 13.7. The van der Waals surface area contributed by atoms with E-state index in [1.807, 2.05) is 36.4 Å². The van der Waals surface area contributed by atoms with Crippen LogP contribution in [-0.2, 0) is 0 Å². The van der Waals surface area contributed by atoms with Gasteiger partial charge in [0.25, 0.3) is 0 Å². The topological polar surface area (TPSA) is 68.2 Å². The number of aliphatic hydroxyl groups excluding tert-OH is 1. The summed E-state index contributed by atoms with van der Waals surface area (Å²) in [4.78, 5) is 0. The minimum absolute atomic E-state index is 0.0668. The molecule has 0 amide bonds. The molecule has 0 fully saturated rings. The lowest BCUT2D eigenvalue weighted by Gasteiger charge is -2.14. The Kier molecular flexibility index (Phi) is 5.59. The van der Waals surface area contributed by atoms with Crippen LogP contribution in [0, 0.1) is 0 Å². The minimum Gasteiger partial charge on any atom is -0.504 e. The molecule has 0 saturated heterocycles. The van der Waals surface area contributed by atoms with Crippen molar-refractivity contribution in [1.29, 1.82) is 0 Å². The van der Waals surface area contributed by atoms with Crippen LogP contribution in [0.3, 0.4) is 0 Å². The Morgan fingerprint density at radius 2 is 1.16 bits per heavy atom. The number of phenolic OH excluding ortho intramolecular Hbond substituents is 1. The number of benzene rings is 3. The van der Waals surface area contributed by atoms with Gasteiger partial charge < -0.3 is 24.4 Å². The predicted molar refractivity (Wildman–Crippen MR) is 95.6 cm³/mol. The number of aliphatic hydroxyl groups is 1. The summed E-state index contributed by atoms with van der Waals surface area (Å²) < 4.78 is 16.9. The van der Waals surface area contributed by atoms with Crippen molar-refractivity contribution in [3.05, 3.63) is 60.7 Å². The molecule has 3 aromatic carbocycles.